The van der Waals surface area contributed by atoms with Crippen LogP contribution in [0.4, 0.5) is 0 Å². The van der Waals surface area contributed by atoms with Crippen LogP contribution in [0, 0.1) is 0 Å². The zero-order chi connectivity index (χ0) is 23.7. The van der Waals surface area contributed by atoms with Crippen LogP contribution in [0.3, 0.4) is 0 Å². The second-order valence-electron chi connectivity index (χ2n) is 7.47. The van der Waals surface area contributed by atoms with Crippen LogP contribution in [0.15, 0.2) is 87.5 Å². The molecular weight excluding hydrogens is 488 g/mol. The quantitative estimate of drug-likeness (QED) is 0.370. The predicted octanol–water partition coefficient (Wildman–Crippen LogP) is 4.65. The van der Waals surface area contributed by atoms with E-state index in [1.807, 2.05) is 66.0 Å². The van der Waals surface area contributed by atoms with Crippen molar-refractivity contribution in [1.29, 1.82) is 0 Å². The molecule has 4 aromatic rings. The molecule has 2 aromatic carbocycles. The van der Waals surface area contributed by atoms with E-state index in [9.17, 15) is 9.59 Å². The van der Waals surface area contributed by atoms with Crippen molar-refractivity contribution in [2.24, 2.45) is 4.99 Å². The third-order valence-corrected chi connectivity index (χ3v) is 7.63. The molecule has 0 saturated heterocycles. The highest BCUT2D eigenvalue weighted by atomic mass is 35.5. The first-order valence-corrected chi connectivity index (χ1v) is 12.7. The van der Waals surface area contributed by atoms with E-state index in [1.54, 1.807) is 23.6 Å². The molecule has 8 heteroatoms. The summed E-state index contributed by atoms with van der Waals surface area (Å²) < 4.78 is 7.53. The number of carbonyl (C=O) groups is 1. The SMILES string of the molecule is CCOC(=O)C1=C(c2ccccc2)N=c2s/c(=C\c3ccccc3Cl)c(=O)n2C1c1cccs1. The zero-order valence-corrected chi connectivity index (χ0v) is 20.5. The van der Waals surface area contributed by atoms with Crippen molar-refractivity contribution in [3.8, 4) is 0 Å². The first kappa shape index (κ1) is 22.5. The predicted molar refractivity (Wildman–Crippen MR) is 137 cm³/mol. The van der Waals surface area contributed by atoms with Gasteiger partial charge in [0.15, 0.2) is 4.80 Å². The maximum Gasteiger partial charge on any atom is 0.338 e. The van der Waals surface area contributed by atoms with Crippen LogP contribution in [-0.4, -0.2) is 17.1 Å². The Morgan fingerprint density at radius 1 is 1.12 bits per heavy atom. The Morgan fingerprint density at radius 2 is 1.88 bits per heavy atom. The van der Waals surface area contributed by atoms with Gasteiger partial charge in [-0.15, -0.1) is 11.3 Å². The van der Waals surface area contributed by atoms with Crippen molar-refractivity contribution < 1.29 is 9.53 Å². The summed E-state index contributed by atoms with van der Waals surface area (Å²) in [6.45, 7) is 1.98. The van der Waals surface area contributed by atoms with Crippen LogP contribution < -0.4 is 14.9 Å². The summed E-state index contributed by atoms with van der Waals surface area (Å²) in [5.41, 5.74) is 2.18. The van der Waals surface area contributed by atoms with Gasteiger partial charge in [-0.25, -0.2) is 9.79 Å². The smallest absolute Gasteiger partial charge is 0.338 e. The first-order valence-electron chi connectivity index (χ1n) is 10.6. The number of thiophene rings is 1. The molecular formula is C26H19ClN2O3S2. The Hall–Kier alpha value is -3.26. The lowest BCUT2D eigenvalue weighted by Gasteiger charge is -2.24. The molecule has 0 spiro atoms. The largest absolute Gasteiger partial charge is 0.463 e. The highest BCUT2D eigenvalue weighted by Crippen LogP contribution is 2.36. The van der Waals surface area contributed by atoms with Crippen LogP contribution in [0.5, 0.6) is 0 Å². The second-order valence-corrected chi connectivity index (χ2v) is 9.86. The van der Waals surface area contributed by atoms with Gasteiger partial charge in [-0.2, -0.15) is 0 Å². The van der Waals surface area contributed by atoms with Gasteiger partial charge in [0.1, 0.15) is 6.04 Å². The first-order chi connectivity index (χ1) is 16.6. The van der Waals surface area contributed by atoms with E-state index in [1.165, 1.54) is 22.7 Å². The number of halogens is 1. The summed E-state index contributed by atoms with van der Waals surface area (Å²) in [6.07, 6.45) is 1.77. The summed E-state index contributed by atoms with van der Waals surface area (Å²) in [4.78, 5) is 33.1. The average molecular weight is 507 g/mol. The van der Waals surface area contributed by atoms with E-state index in [4.69, 9.17) is 21.3 Å². The molecule has 0 N–H and O–H groups in total. The molecule has 0 amide bonds. The lowest BCUT2D eigenvalue weighted by molar-refractivity contribution is -0.138. The van der Waals surface area contributed by atoms with Crippen LogP contribution in [0.1, 0.15) is 29.0 Å². The van der Waals surface area contributed by atoms with Gasteiger partial charge < -0.3 is 4.74 Å². The number of thiazole rings is 1. The fraction of sp³-hybridized carbons (Fsp3) is 0.115. The molecule has 0 saturated carbocycles. The van der Waals surface area contributed by atoms with Crippen molar-refractivity contribution >= 4 is 52.0 Å². The molecule has 1 aliphatic heterocycles. The lowest BCUT2D eigenvalue weighted by Crippen LogP contribution is -2.39. The van der Waals surface area contributed by atoms with Crippen LogP contribution in [-0.2, 0) is 9.53 Å². The molecule has 5 rings (SSSR count). The van der Waals surface area contributed by atoms with Crippen molar-refractivity contribution in [3.05, 3.63) is 118 Å². The van der Waals surface area contributed by atoms with E-state index >= 15 is 0 Å². The Labute approximate surface area is 208 Å². The van der Waals surface area contributed by atoms with Crippen LogP contribution in [0.25, 0.3) is 11.8 Å². The van der Waals surface area contributed by atoms with E-state index in [-0.39, 0.29) is 12.2 Å². The lowest BCUT2D eigenvalue weighted by atomic mass is 9.97. The molecule has 0 radical (unpaired) electrons. The Balaban J connectivity index is 1.83. The summed E-state index contributed by atoms with van der Waals surface area (Å²) >= 11 is 9.10. The second kappa shape index (κ2) is 9.54. The van der Waals surface area contributed by atoms with Gasteiger partial charge in [0, 0.05) is 15.5 Å². The van der Waals surface area contributed by atoms with E-state index in [0.29, 0.717) is 25.6 Å². The Bertz CT molecular complexity index is 1570. The molecule has 3 heterocycles. The molecule has 0 bridgehead atoms. The van der Waals surface area contributed by atoms with Gasteiger partial charge in [-0.1, -0.05) is 77.5 Å². The summed E-state index contributed by atoms with van der Waals surface area (Å²) in [5.74, 6) is -0.483. The minimum atomic E-state index is -0.640. The number of hydrogen-bond acceptors (Lipinski definition) is 6. The van der Waals surface area contributed by atoms with Crippen molar-refractivity contribution in [1.82, 2.24) is 4.57 Å². The summed E-state index contributed by atoms with van der Waals surface area (Å²) in [5, 5.41) is 2.49. The summed E-state index contributed by atoms with van der Waals surface area (Å²) in [6, 6.07) is 20.1. The number of fused-ring (bicyclic) bond motifs is 1. The molecule has 0 aliphatic carbocycles. The third-order valence-electron chi connectivity index (χ3n) is 5.38. The fourth-order valence-corrected chi connectivity index (χ4v) is 5.90. The Morgan fingerprint density at radius 3 is 2.59 bits per heavy atom. The number of benzene rings is 2. The fourth-order valence-electron chi connectivity index (χ4n) is 3.89. The summed E-state index contributed by atoms with van der Waals surface area (Å²) in [7, 11) is 0. The molecule has 5 nitrogen and oxygen atoms in total. The highest BCUT2D eigenvalue weighted by Gasteiger charge is 2.35. The van der Waals surface area contributed by atoms with E-state index < -0.39 is 12.0 Å². The van der Waals surface area contributed by atoms with Gasteiger partial charge in [0.2, 0.25) is 0 Å². The van der Waals surface area contributed by atoms with Gasteiger partial charge in [-0.05, 0) is 36.1 Å². The number of ether oxygens (including phenoxy) is 1. The van der Waals surface area contributed by atoms with Crippen molar-refractivity contribution in [3.63, 3.8) is 0 Å². The maximum atomic E-state index is 13.7. The number of hydrogen-bond donors (Lipinski definition) is 0. The van der Waals surface area contributed by atoms with Gasteiger partial charge in [-0.3, -0.25) is 9.36 Å². The monoisotopic (exact) mass is 506 g/mol. The van der Waals surface area contributed by atoms with E-state index in [0.717, 1.165) is 16.0 Å². The normalized spacial score (nSPS) is 15.7. The van der Waals surface area contributed by atoms with Gasteiger partial charge in [0.25, 0.3) is 5.56 Å². The zero-order valence-electron chi connectivity index (χ0n) is 18.1. The molecule has 170 valence electrons. The molecule has 2 aromatic heterocycles. The van der Waals surface area contributed by atoms with E-state index in [2.05, 4.69) is 0 Å². The minimum Gasteiger partial charge on any atom is -0.463 e. The maximum absolute atomic E-state index is 13.7. The standard InChI is InChI=1S/C26H19ClN2O3S2/c1-2-32-25(31)21-22(16-9-4-3-5-10-16)28-26-29(23(21)19-13-8-14-33-19)24(30)20(34-26)15-17-11-6-7-12-18(17)27/h3-15,23H,2H2,1H3/b20-15-. The number of aromatic nitrogens is 1. The molecule has 0 fully saturated rings. The highest BCUT2D eigenvalue weighted by molar-refractivity contribution is 7.10. The minimum absolute atomic E-state index is 0.221. The average Bonchev–Trinajstić information content (AvgIpc) is 3.49. The van der Waals surface area contributed by atoms with Crippen molar-refractivity contribution in [2.45, 2.75) is 13.0 Å². The van der Waals surface area contributed by atoms with Crippen LogP contribution >= 0.6 is 34.3 Å². The number of esters is 1. The topological polar surface area (TPSA) is 60.7 Å². The van der Waals surface area contributed by atoms with Gasteiger partial charge in [0.05, 0.1) is 22.4 Å². The molecule has 1 atom stereocenters. The molecule has 34 heavy (non-hydrogen) atoms. The third kappa shape index (κ3) is 4.07. The molecule has 1 unspecified atom stereocenters. The number of carbonyl (C=O) groups excluding carboxylic acids is 1. The van der Waals surface area contributed by atoms with Crippen molar-refractivity contribution in [2.75, 3.05) is 6.61 Å². The van der Waals surface area contributed by atoms with Gasteiger partial charge >= 0.3 is 5.97 Å². The number of rotatable bonds is 5. The van der Waals surface area contributed by atoms with Crippen LogP contribution in [0.2, 0.25) is 5.02 Å². The Kier molecular flexibility index (Phi) is 6.32. The molecule has 1 aliphatic rings. The number of nitrogens with zero attached hydrogens (tertiary/aromatic N) is 2.